The van der Waals surface area contributed by atoms with E-state index >= 15 is 0 Å². The highest BCUT2D eigenvalue weighted by Gasteiger charge is 2.26. The number of aryl methyl sites for hydroxylation is 4. The van der Waals surface area contributed by atoms with Crippen molar-refractivity contribution in [2.75, 3.05) is 5.32 Å². The second kappa shape index (κ2) is 5.94. The summed E-state index contributed by atoms with van der Waals surface area (Å²) in [6, 6.07) is 0. The summed E-state index contributed by atoms with van der Waals surface area (Å²) >= 11 is 0. The van der Waals surface area contributed by atoms with Crippen LogP contribution in [0, 0.1) is 17.0 Å². The number of hydrogen-bond acceptors (Lipinski definition) is 5. The van der Waals surface area contributed by atoms with Gasteiger partial charge in [0.15, 0.2) is 0 Å². The fourth-order valence-electron chi connectivity index (χ4n) is 2.32. The average Bonchev–Trinajstić information content (AvgIpc) is 2.91. The molecule has 0 fully saturated rings. The van der Waals surface area contributed by atoms with Crippen LogP contribution >= 0.6 is 0 Å². The van der Waals surface area contributed by atoms with Gasteiger partial charge in [-0.15, -0.1) is 0 Å². The highest BCUT2D eigenvalue weighted by molar-refractivity contribution is 5.68. The second-order valence-corrected chi connectivity index (χ2v) is 4.90. The summed E-state index contributed by atoms with van der Waals surface area (Å²) in [7, 11) is 1.83. The van der Waals surface area contributed by atoms with Gasteiger partial charge in [-0.1, -0.05) is 13.8 Å². The minimum Gasteiger partial charge on any atom is -0.332 e. The summed E-state index contributed by atoms with van der Waals surface area (Å²) in [6.07, 6.45) is 3.42. The second-order valence-electron chi connectivity index (χ2n) is 4.90. The number of nitrogens with one attached hydrogen (secondary N) is 1. The van der Waals surface area contributed by atoms with Crippen molar-refractivity contribution >= 4 is 17.2 Å². The summed E-state index contributed by atoms with van der Waals surface area (Å²) in [5, 5.41) is 23.0. The lowest BCUT2D eigenvalue weighted by Crippen LogP contribution is -2.06. The Morgan fingerprint density at radius 3 is 2.67 bits per heavy atom. The van der Waals surface area contributed by atoms with Crippen LogP contribution in [0.3, 0.4) is 0 Å². The van der Waals surface area contributed by atoms with Gasteiger partial charge in [-0.25, -0.2) is 4.68 Å². The van der Waals surface area contributed by atoms with E-state index in [0.29, 0.717) is 18.1 Å². The smallest absolute Gasteiger partial charge is 0.332 e. The third-order valence-corrected chi connectivity index (χ3v) is 3.21. The molecule has 0 saturated heterocycles. The molecule has 0 saturated carbocycles. The Hall–Kier alpha value is -2.38. The summed E-state index contributed by atoms with van der Waals surface area (Å²) < 4.78 is 3.35. The van der Waals surface area contributed by atoms with Crippen LogP contribution in [-0.2, 0) is 20.0 Å². The van der Waals surface area contributed by atoms with Crippen LogP contribution in [0.4, 0.5) is 17.2 Å². The van der Waals surface area contributed by atoms with Crippen LogP contribution in [0.2, 0.25) is 0 Å². The van der Waals surface area contributed by atoms with E-state index in [0.717, 1.165) is 24.2 Å². The molecule has 1 N–H and O–H groups in total. The predicted molar refractivity (Wildman–Crippen MR) is 79.8 cm³/mol. The van der Waals surface area contributed by atoms with Crippen molar-refractivity contribution in [2.45, 2.75) is 40.2 Å². The van der Waals surface area contributed by atoms with Crippen LogP contribution in [-0.4, -0.2) is 24.5 Å². The van der Waals surface area contributed by atoms with Gasteiger partial charge in [0, 0.05) is 19.8 Å². The number of hydrogen-bond donors (Lipinski definition) is 1. The Labute approximate surface area is 122 Å². The van der Waals surface area contributed by atoms with E-state index in [-0.39, 0.29) is 5.69 Å². The molecular weight excluding hydrogens is 272 g/mol. The van der Waals surface area contributed by atoms with Gasteiger partial charge in [0.1, 0.15) is 5.69 Å². The normalized spacial score (nSPS) is 10.9. The molecule has 114 valence electrons. The van der Waals surface area contributed by atoms with Crippen molar-refractivity contribution in [1.29, 1.82) is 0 Å². The van der Waals surface area contributed by atoms with Gasteiger partial charge in [-0.3, -0.25) is 14.8 Å². The standard InChI is InChI=1S/C13H20N6O2/c1-5-7-18-13(12(19(20)21)9(3)15-18)14-11-8-17(4)16-10(11)6-2/h8,14H,5-7H2,1-4H3. The van der Waals surface area contributed by atoms with Gasteiger partial charge in [0.25, 0.3) is 0 Å². The lowest BCUT2D eigenvalue weighted by Gasteiger charge is -2.07. The van der Waals surface area contributed by atoms with Crippen molar-refractivity contribution in [3.05, 3.63) is 27.7 Å². The van der Waals surface area contributed by atoms with Crippen molar-refractivity contribution in [1.82, 2.24) is 19.6 Å². The third kappa shape index (κ3) is 2.88. The van der Waals surface area contributed by atoms with Crippen molar-refractivity contribution in [3.8, 4) is 0 Å². The zero-order chi connectivity index (χ0) is 15.6. The van der Waals surface area contributed by atoms with Crippen molar-refractivity contribution in [2.24, 2.45) is 7.05 Å². The molecule has 0 aliphatic heterocycles. The largest absolute Gasteiger partial charge is 0.334 e. The molecule has 0 aliphatic rings. The quantitative estimate of drug-likeness (QED) is 0.652. The summed E-state index contributed by atoms with van der Waals surface area (Å²) in [4.78, 5) is 10.9. The molecule has 2 aromatic heterocycles. The number of nitro groups is 1. The molecule has 0 bridgehead atoms. The van der Waals surface area contributed by atoms with E-state index in [1.165, 1.54) is 0 Å². The van der Waals surface area contributed by atoms with Crippen LogP contribution in [0.1, 0.15) is 31.7 Å². The van der Waals surface area contributed by atoms with Gasteiger partial charge in [0.2, 0.25) is 5.82 Å². The molecule has 8 nitrogen and oxygen atoms in total. The van der Waals surface area contributed by atoms with Crippen LogP contribution < -0.4 is 5.32 Å². The molecule has 0 unspecified atom stereocenters. The summed E-state index contributed by atoms with van der Waals surface area (Å²) in [6.45, 7) is 6.28. The number of nitrogens with zero attached hydrogens (tertiary/aromatic N) is 5. The Balaban J connectivity index is 2.48. The first-order valence-corrected chi connectivity index (χ1v) is 6.99. The van der Waals surface area contributed by atoms with Gasteiger partial charge in [0.05, 0.1) is 16.3 Å². The zero-order valence-electron chi connectivity index (χ0n) is 12.8. The minimum atomic E-state index is -0.390. The first-order chi connectivity index (χ1) is 9.97. The minimum absolute atomic E-state index is 0.0226. The Morgan fingerprint density at radius 1 is 1.38 bits per heavy atom. The van der Waals surface area contributed by atoms with E-state index in [1.807, 2.05) is 27.1 Å². The molecule has 0 spiro atoms. The van der Waals surface area contributed by atoms with Crippen LogP contribution in [0.25, 0.3) is 0 Å². The summed E-state index contributed by atoms with van der Waals surface area (Å²) in [5.74, 6) is 0.419. The maximum Gasteiger partial charge on any atom is 0.334 e. The van der Waals surface area contributed by atoms with Gasteiger partial charge in [-0.2, -0.15) is 10.2 Å². The number of rotatable bonds is 6. The number of aromatic nitrogens is 4. The Morgan fingerprint density at radius 2 is 2.10 bits per heavy atom. The fourth-order valence-corrected chi connectivity index (χ4v) is 2.32. The van der Waals surface area contributed by atoms with Crippen LogP contribution in [0.15, 0.2) is 6.20 Å². The highest BCUT2D eigenvalue weighted by atomic mass is 16.6. The van der Waals surface area contributed by atoms with E-state index in [1.54, 1.807) is 16.3 Å². The Bertz CT molecular complexity index is 658. The fraction of sp³-hybridized carbons (Fsp3) is 0.538. The third-order valence-electron chi connectivity index (χ3n) is 3.21. The van der Waals surface area contributed by atoms with E-state index in [2.05, 4.69) is 15.5 Å². The van der Waals surface area contributed by atoms with Gasteiger partial charge >= 0.3 is 5.69 Å². The van der Waals surface area contributed by atoms with Crippen molar-refractivity contribution < 1.29 is 4.92 Å². The van der Waals surface area contributed by atoms with Gasteiger partial charge in [-0.05, 0) is 19.8 Å². The molecule has 2 heterocycles. The van der Waals surface area contributed by atoms with Gasteiger partial charge < -0.3 is 5.32 Å². The molecule has 0 radical (unpaired) electrons. The Kier molecular flexibility index (Phi) is 4.25. The molecule has 8 heteroatoms. The predicted octanol–water partition coefficient (Wildman–Crippen LogP) is 2.55. The molecule has 0 atom stereocenters. The molecule has 0 aromatic carbocycles. The maximum atomic E-state index is 11.3. The first-order valence-electron chi connectivity index (χ1n) is 6.99. The highest BCUT2D eigenvalue weighted by Crippen LogP contribution is 2.32. The molecule has 2 rings (SSSR count). The summed E-state index contributed by atoms with van der Waals surface area (Å²) in [5.41, 5.74) is 2.08. The zero-order valence-corrected chi connectivity index (χ0v) is 12.8. The van der Waals surface area contributed by atoms with Crippen molar-refractivity contribution in [3.63, 3.8) is 0 Å². The van der Waals surface area contributed by atoms with E-state index < -0.39 is 4.92 Å². The average molecular weight is 292 g/mol. The SMILES string of the molecule is CCCn1nc(C)c([N+](=O)[O-])c1Nc1cn(C)nc1CC. The van der Waals surface area contributed by atoms with E-state index in [4.69, 9.17) is 0 Å². The molecule has 21 heavy (non-hydrogen) atoms. The maximum absolute atomic E-state index is 11.3. The topological polar surface area (TPSA) is 90.8 Å². The van der Waals surface area contributed by atoms with E-state index in [9.17, 15) is 10.1 Å². The van der Waals surface area contributed by atoms with Crippen LogP contribution in [0.5, 0.6) is 0 Å². The number of anilines is 2. The lowest BCUT2D eigenvalue weighted by atomic mass is 10.3. The molecule has 2 aromatic rings. The molecule has 0 aliphatic carbocycles. The first kappa shape index (κ1) is 15.0. The molecule has 0 amide bonds. The molecular formula is C13H20N6O2. The monoisotopic (exact) mass is 292 g/mol. The lowest BCUT2D eigenvalue weighted by molar-refractivity contribution is -0.384.